The van der Waals surface area contributed by atoms with Gasteiger partial charge in [-0.1, -0.05) is 127 Å². The second kappa shape index (κ2) is 11.5. The summed E-state index contributed by atoms with van der Waals surface area (Å²) in [5.74, 6) is 0. The maximum absolute atomic E-state index is 2.39. The minimum Gasteiger partial charge on any atom is -0.310 e. The van der Waals surface area contributed by atoms with Crippen LogP contribution < -0.4 is 4.90 Å². The van der Waals surface area contributed by atoms with Gasteiger partial charge in [-0.15, -0.1) is 0 Å². The molecule has 9 aromatic carbocycles. The summed E-state index contributed by atoms with van der Waals surface area (Å²) in [7, 11) is 0. The molecule has 0 saturated carbocycles. The molecule has 2 nitrogen and oxygen atoms in total. The average molecular weight is 637 g/mol. The summed E-state index contributed by atoms with van der Waals surface area (Å²) in [6, 6.07) is 70.4. The van der Waals surface area contributed by atoms with E-state index < -0.39 is 0 Å². The second-order valence-corrected chi connectivity index (χ2v) is 13.0. The van der Waals surface area contributed by atoms with Gasteiger partial charge in [-0.25, -0.2) is 0 Å². The lowest BCUT2D eigenvalue weighted by Gasteiger charge is -2.26. The summed E-state index contributed by atoms with van der Waals surface area (Å²) in [4.78, 5) is 2.34. The van der Waals surface area contributed by atoms with Crippen molar-refractivity contribution in [3.63, 3.8) is 0 Å². The van der Waals surface area contributed by atoms with Crippen molar-refractivity contribution in [3.05, 3.63) is 194 Å². The first-order valence-electron chi connectivity index (χ1n) is 17.2. The summed E-state index contributed by atoms with van der Waals surface area (Å²) in [6.07, 6.45) is 0. The van der Waals surface area contributed by atoms with Gasteiger partial charge >= 0.3 is 0 Å². The fourth-order valence-electron chi connectivity index (χ4n) is 7.89. The van der Waals surface area contributed by atoms with Crippen LogP contribution in [0.4, 0.5) is 17.1 Å². The van der Waals surface area contributed by atoms with E-state index in [1.165, 1.54) is 65.3 Å². The average Bonchev–Trinajstić information content (AvgIpc) is 3.53. The van der Waals surface area contributed by atoms with Crippen LogP contribution in [0, 0.1) is 0 Å². The third kappa shape index (κ3) is 4.50. The highest BCUT2D eigenvalue weighted by molar-refractivity contribution is 6.26. The van der Waals surface area contributed by atoms with Crippen molar-refractivity contribution in [2.24, 2.45) is 0 Å². The lowest BCUT2D eigenvalue weighted by Crippen LogP contribution is -2.09. The van der Waals surface area contributed by atoms with Gasteiger partial charge in [0.15, 0.2) is 0 Å². The normalized spacial score (nSPS) is 11.6. The third-order valence-electron chi connectivity index (χ3n) is 10.1. The maximum Gasteiger partial charge on any atom is 0.0541 e. The van der Waals surface area contributed by atoms with E-state index in [-0.39, 0.29) is 0 Å². The molecule has 0 unspecified atom stereocenters. The molecular formula is C48H32N2. The van der Waals surface area contributed by atoms with Crippen LogP contribution in [0.1, 0.15) is 0 Å². The van der Waals surface area contributed by atoms with Crippen LogP contribution in [-0.4, -0.2) is 4.57 Å². The molecule has 0 saturated heterocycles. The van der Waals surface area contributed by atoms with Gasteiger partial charge in [0.2, 0.25) is 0 Å². The van der Waals surface area contributed by atoms with Gasteiger partial charge in [-0.3, -0.25) is 0 Å². The molecule has 0 aliphatic carbocycles. The SMILES string of the molecule is c1ccc(N(c2ccccc2)c2ccc3c4ccc(-c5cccc(-n6c7ccccc7c7ccccc76)c5)cc4c4ccccc4c3c2)cc1. The predicted octanol–water partition coefficient (Wildman–Crippen LogP) is 13.4. The van der Waals surface area contributed by atoms with Crippen LogP contribution in [0.5, 0.6) is 0 Å². The molecule has 0 aliphatic rings. The minimum atomic E-state index is 1.14. The number of rotatable bonds is 5. The Morgan fingerprint density at radius 2 is 0.760 bits per heavy atom. The van der Waals surface area contributed by atoms with E-state index in [1.54, 1.807) is 0 Å². The number of fused-ring (bicyclic) bond motifs is 9. The zero-order chi connectivity index (χ0) is 33.0. The Bertz CT molecular complexity index is 2750. The quantitative estimate of drug-likeness (QED) is 0.171. The number of hydrogen-bond donors (Lipinski definition) is 0. The van der Waals surface area contributed by atoms with Gasteiger partial charge in [-0.2, -0.15) is 0 Å². The van der Waals surface area contributed by atoms with Crippen LogP contribution in [0.15, 0.2) is 194 Å². The molecule has 1 aromatic heterocycles. The molecule has 0 radical (unpaired) electrons. The number of benzene rings is 9. The van der Waals surface area contributed by atoms with Crippen LogP contribution in [0.2, 0.25) is 0 Å². The monoisotopic (exact) mass is 636 g/mol. The minimum absolute atomic E-state index is 1.14. The number of anilines is 3. The first kappa shape index (κ1) is 28.4. The highest BCUT2D eigenvalue weighted by atomic mass is 15.1. The lowest BCUT2D eigenvalue weighted by molar-refractivity contribution is 1.18. The fraction of sp³-hybridized carbons (Fsp3) is 0. The van der Waals surface area contributed by atoms with Crippen molar-refractivity contribution in [1.29, 1.82) is 0 Å². The van der Waals surface area contributed by atoms with E-state index in [0.717, 1.165) is 22.7 Å². The topological polar surface area (TPSA) is 8.17 Å². The van der Waals surface area contributed by atoms with Crippen molar-refractivity contribution in [3.8, 4) is 16.8 Å². The number of hydrogen-bond acceptors (Lipinski definition) is 1. The summed E-state index contributed by atoms with van der Waals surface area (Å²) < 4.78 is 2.39. The predicted molar refractivity (Wildman–Crippen MR) is 213 cm³/mol. The molecule has 50 heavy (non-hydrogen) atoms. The van der Waals surface area contributed by atoms with Gasteiger partial charge in [0.25, 0.3) is 0 Å². The molecule has 234 valence electrons. The standard InChI is InChI=1S/C48H32N2/c1-3-15-35(16-4-1)49(36-17-5-2-6-18-36)38-27-29-42-41-28-26-34(31-45(41)39-20-7-8-21-40(39)46(42)32-38)33-14-13-19-37(30-33)50-47-24-11-9-22-43(47)44-23-10-12-25-48(44)50/h1-32H. The lowest BCUT2D eigenvalue weighted by atomic mass is 9.91. The van der Waals surface area contributed by atoms with Crippen molar-refractivity contribution in [1.82, 2.24) is 4.57 Å². The molecule has 0 fully saturated rings. The Hall–Kier alpha value is -6.64. The number of para-hydroxylation sites is 4. The molecule has 0 aliphatic heterocycles. The molecule has 0 bridgehead atoms. The molecule has 10 aromatic rings. The second-order valence-electron chi connectivity index (χ2n) is 13.0. The summed E-state index contributed by atoms with van der Waals surface area (Å²) in [5.41, 5.74) is 9.42. The van der Waals surface area contributed by atoms with E-state index >= 15 is 0 Å². The fourth-order valence-corrected chi connectivity index (χ4v) is 7.89. The van der Waals surface area contributed by atoms with E-state index in [1.807, 2.05) is 0 Å². The molecule has 0 N–H and O–H groups in total. The van der Waals surface area contributed by atoms with Crippen molar-refractivity contribution in [2.45, 2.75) is 0 Å². The Morgan fingerprint density at radius 1 is 0.280 bits per heavy atom. The molecule has 0 atom stereocenters. The largest absolute Gasteiger partial charge is 0.310 e. The summed E-state index contributed by atoms with van der Waals surface area (Å²) in [5, 5.41) is 10.1. The Kier molecular flexibility index (Phi) is 6.53. The Balaban J connectivity index is 1.14. The molecule has 0 amide bonds. The van der Waals surface area contributed by atoms with Crippen molar-refractivity contribution in [2.75, 3.05) is 4.90 Å². The molecule has 0 spiro atoms. The van der Waals surface area contributed by atoms with Crippen LogP contribution in [-0.2, 0) is 0 Å². The Morgan fingerprint density at radius 3 is 1.38 bits per heavy atom. The third-order valence-corrected chi connectivity index (χ3v) is 10.1. The van der Waals surface area contributed by atoms with E-state index in [2.05, 4.69) is 204 Å². The highest BCUT2D eigenvalue weighted by Crippen LogP contribution is 2.42. The summed E-state index contributed by atoms with van der Waals surface area (Å²) >= 11 is 0. The maximum atomic E-state index is 2.39. The molecule has 10 rings (SSSR count). The van der Waals surface area contributed by atoms with Gasteiger partial charge in [0.1, 0.15) is 0 Å². The molecule has 1 heterocycles. The molecule has 2 heteroatoms. The van der Waals surface area contributed by atoms with E-state index in [0.29, 0.717) is 0 Å². The van der Waals surface area contributed by atoms with Crippen LogP contribution in [0.25, 0.3) is 70.9 Å². The smallest absolute Gasteiger partial charge is 0.0541 e. The first-order chi connectivity index (χ1) is 24.8. The van der Waals surface area contributed by atoms with Crippen molar-refractivity contribution >= 4 is 71.2 Å². The zero-order valence-electron chi connectivity index (χ0n) is 27.4. The first-order valence-corrected chi connectivity index (χ1v) is 17.2. The Labute approximate surface area is 290 Å². The van der Waals surface area contributed by atoms with Crippen LogP contribution >= 0.6 is 0 Å². The van der Waals surface area contributed by atoms with Gasteiger partial charge in [0, 0.05) is 33.5 Å². The van der Waals surface area contributed by atoms with Crippen molar-refractivity contribution < 1.29 is 0 Å². The highest BCUT2D eigenvalue weighted by Gasteiger charge is 2.16. The van der Waals surface area contributed by atoms with Gasteiger partial charge in [-0.05, 0) is 110 Å². The van der Waals surface area contributed by atoms with Gasteiger partial charge < -0.3 is 9.47 Å². The molecular weight excluding hydrogens is 605 g/mol. The number of nitrogens with zero attached hydrogens (tertiary/aromatic N) is 2. The number of aromatic nitrogens is 1. The van der Waals surface area contributed by atoms with Crippen LogP contribution in [0.3, 0.4) is 0 Å². The summed E-state index contributed by atoms with van der Waals surface area (Å²) in [6.45, 7) is 0. The van der Waals surface area contributed by atoms with E-state index in [4.69, 9.17) is 0 Å². The van der Waals surface area contributed by atoms with E-state index in [9.17, 15) is 0 Å². The van der Waals surface area contributed by atoms with Gasteiger partial charge in [0.05, 0.1) is 11.0 Å². The zero-order valence-corrected chi connectivity index (χ0v) is 27.4.